The predicted octanol–water partition coefficient (Wildman–Crippen LogP) is 2.63. The number of carbonyl (C=O) groups excluding carboxylic acids is 1. The van der Waals surface area contributed by atoms with Crippen LogP contribution in [0.1, 0.15) is 18.9 Å². The second-order valence-electron chi connectivity index (χ2n) is 8.32. The number of anilines is 1. The van der Waals surface area contributed by atoms with Gasteiger partial charge in [0.05, 0.1) is 31.9 Å². The first-order valence-corrected chi connectivity index (χ1v) is 13.1. The second-order valence-corrected chi connectivity index (χ2v) is 10.4. The average molecular weight is 506 g/mol. The summed E-state index contributed by atoms with van der Waals surface area (Å²) in [4.78, 5) is 16.1. The average Bonchev–Trinajstić information content (AvgIpc) is 2.90. The third kappa shape index (κ3) is 5.99. The van der Waals surface area contributed by atoms with Crippen LogP contribution in [0, 0.1) is 0 Å². The van der Waals surface area contributed by atoms with E-state index in [2.05, 4.69) is 4.90 Å². The molecule has 2 aromatic carbocycles. The molecule has 1 aliphatic heterocycles. The normalized spacial score (nSPS) is 14.2. The fraction of sp³-hybridized carbons (Fsp3) is 0.480. The number of piperazine rings is 1. The summed E-state index contributed by atoms with van der Waals surface area (Å²) in [6.45, 7) is 4.57. The lowest BCUT2D eigenvalue weighted by molar-refractivity contribution is -0.131. The van der Waals surface area contributed by atoms with Crippen molar-refractivity contribution < 1.29 is 27.4 Å². The Morgan fingerprint density at radius 2 is 1.54 bits per heavy atom. The largest absolute Gasteiger partial charge is 0.495 e. The smallest absolute Gasteiger partial charge is 0.242 e. The molecule has 0 atom stereocenters. The monoisotopic (exact) mass is 505 g/mol. The lowest BCUT2D eigenvalue weighted by Crippen LogP contribution is -2.48. The molecule has 0 unspecified atom stereocenters. The molecule has 0 saturated carbocycles. The molecule has 0 aromatic heterocycles. The van der Waals surface area contributed by atoms with Crippen molar-refractivity contribution in [2.24, 2.45) is 0 Å². The number of ether oxygens (including phenoxy) is 3. The molecule has 0 radical (unpaired) electrons. The molecule has 9 nitrogen and oxygen atoms in total. The van der Waals surface area contributed by atoms with Crippen LogP contribution in [-0.4, -0.2) is 84.6 Å². The van der Waals surface area contributed by atoms with Crippen molar-refractivity contribution in [1.29, 1.82) is 0 Å². The van der Waals surface area contributed by atoms with Crippen LogP contribution in [0.25, 0.3) is 0 Å². The second kappa shape index (κ2) is 11.6. The van der Waals surface area contributed by atoms with Crippen molar-refractivity contribution in [3.63, 3.8) is 0 Å². The number of methoxy groups -OCH3 is 3. The van der Waals surface area contributed by atoms with Crippen LogP contribution in [0.15, 0.2) is 41.3 Å². The van der Waals surface area contributed by atoms with Crippen molar-refractivity contribution in [2.45, 2.75) is 24.7 Å². The third-order valence-electron chi connectivity index (χ3n) is 6.30. The fourth-order valence-corrected chi connectivity index (χ4v) is 5.31. The SMILES string of the molecule is CCC(=O)N1CCN(c2cc(S(=O)(=O)N(C)CCc3ccc(OC)c(OC)c3)ccc2OC)CC1. The van der Waals surface area contributed by atoms with E-state index in [0.29, 0.717) is 68.5 Å². The molecule has 1 saturated heterocycles. The van der Waals surface area contributed by atoms with E-state index in [1.165, 1.54) is 4.31 Å². The lowest BCUT2D eigenvalue weighted by atomic mass is 10.1. The highest BCUT2D eigenvalue weighted by Gasteiger charge is 2.26. The van der Waals surface area contributed by atoms with Crippen LogP contribution in [-0.2, 0) is 21.2 Å². The van der Waals surface area contributed by atoms with E-state index >= 15 is 0 Å². The Balaban J connectivity index is 1.75. The van der Waals surface area contributed by atoms with Crippen LogP contribution >= 0.6 is 0 Å². The number of hydrogen-bond acceptors (Lipinski definition) is 7. The van der Waals surface area contributed by atoms with Crippen LogP contribution in [0.2, 0.25) is 0 Å². The van der Waals surface area contributed by atoms with Gasteiger partial charge in [-0.15, -0.1) is 0 Å². The first-order valence-electron chi connectivity index (χ1n) is 11.6. The van der Waals surface area contributed by atoms with Crippen molar-refractivity contribution in [1.82, 2.24) is 9.21 Å². The minimum atomic E-state index is -3.72. The summed E-state index contributed by atoms with van der Waals surface area (Å²) in [5.74, 6) is 1.97. The number of carbonyl (C=O) groups is 1. The maximum Gasteiger partial charge on any atom is 0.242 e. The zero-order valence-corrected chi connectivity index (χ0v) is 21.9. The minimum absolute atomic E-state index is 0.129. The van der Waals surface area contributed by atoms with E-state index in [1.807, 2.05) is 30.0 Å². The van der Waals surface area contributed by atoms with Gasteiger partial charge in [0, 0.05) is 46.2 Å². The number of likely N-dealkylation sites (N-methyl/N-ethyl adjacent to an activating group) is 1. The molecule has 192 valence electrons. The molecule has 1 fully saturated rings. The molecule has 1 heterocycles. The Morgan fingerprint density at radius 1 is 0.914 bits per heavy atom. The highest BCUT2D eigenvalue weighted by molar-refractivity contribution is 7.89. The van der Waals surface area contributed by atoms with Crippen molar-refractivity contribution in [2.75, 3.05) is 66.0 Å². The third-order valence-corrected chi connectivity index (χ3v) is 8.15. The molecule has 3 rings (SSSR count). The standard InChI is InChI=1S/C25H35N3O6S/c1-6-25(29)28-15-13-27(14-16-28)21-18-20(8-10-22(21)32-3)35(30,31)26(2)12-11-19-7-9-23(33-4)24(17-19)34-5/h7-10,17-18H,6,11-16H2,1-5H3. The highest BCUT2D eigenvalue weighted by Crippen LogP contribution is 2.33. The van der Waals surface area contributed by atoms with Crippen LogP contribution < -0.4 is 19.1 Å². The van der Waals surface area contributed by atoms with Crippen LogP contribution in [0.4, 0.5) is 5.69 Å². The Labute approximate surface area is 208 Å². The molecular formula is C25H35N3O6S. The molecule has 2 aromatic rings. The molecule has 1 amide bonds. The zero-order valence-electron chi connectivity index (χ0n) is 21.1. The summed E-state index contributed by atoms with van der Waals surface area (Å²) in [7, 11) is 2.57. The maximum atomic E-state index is 13.4. The van der Waals surface area contributed by atoms with E-state index in [4.69, 9.17) is 14.2 Å². The Bertz CT molecular complexity index is 1130. The van der Waals surface area contributed by atoms with E-state index in [9.17, 15) is 13.2 Å². The van der Waals surface area contributed by atoms with Gasteiger partial charge < -0.3 is 24.0 Å². The molecule has 1 aliphatic rings. The van der Waals surface area contributed by atoms with Gasteiger partial charge >= 0.3 is 0 Å². The molecule has 0 bridgehead atoms. The Morgan fingerprint density at radius 3 is 2.14 bits per heavy atom. The first kappa shape index (κ1) is 26.6. The Kier molecular flexibility index (Phi) is 8.85. The topological polar surface area (TPSA) is 88.6 Å². The van der Waals surface area contributed by atoms with Crippen molar-refractivity contribution >= 4 is 21.6 Å². The quantitative estimate of drug-likeness (QED) is 0.490. The van der Waals surface area contributed by atoms with E-state index in [0.717, 1.165) is 5.56 Å². The van der Waals surface area contributed by atoms with Crippen LogP contribution in [0.3, 0.4) is 0 Å². The summed E-state index contributed by atoms with van der Waals surface area (Å²) in [5, 5.41) is 0. The summed E-state index contributed by atoms with van der Waals surface area (Å²) in [6.07, 6.45) is 0.999. The van der Waals surface area contributed by atoms with Crippen molar-refractivity contribution in [3.05, 3.63) is 42.0 Å². The first-order chi connectivity index (χ1) is 16.7. The number of nitrogens with zero attached hydrogens (tertiary/aromatic N) is 3. The van der Waals surface area contributed by atoms with Crippen LogP contribution in [0.5, 0.6) is 17.2 Å². The number of hydrogen-bond donors (Lipinski definition) is 0. The van der Waals surface area contributed by atoms with Gasteiger partial charge in [0.25, 0.3) is 0 Å². The lowest BCUT2D eigenvalue weighted by Gasteiger charge is -2.36. The molecule has 0 aliphatic carbocycles. The number of amides is 1. The fourth-order valence-electron chi connectivity index (χ4n) is 4.12. The van der Waals surface area contributed by atoms with E-state index in [1.54, 1.807) is 46.6 Å². The summed E-state index contributed by atoms with van der Waals surface area (Å²) in [6, 6.07) is 10.5. The maximum absolute atomic E-state index is 13.4. The van der Waals surface area contributed by atoms with Gasteiger partial charge in [0.15, 0.2) is 11.5 Å². The van der Waals surface area contributed by atoms with Gasteiger partial charge in [-0.2, -0.15) is 0 Å². The van der Waals surface area contributed by atoms with Gasteiger partial charge in [0.2, 0.25) is 15.9 Å². The zero-order chi connectivity index (χ0) is 25.6. The number of sulfonamides is 1. The molecule has 0 spiro atoms. The molecule has 10 heteroatoms. The van der Waals surface area contributed by atoms with Crippen molar-refractivity contribution in [3.8, 4) is 17.2 Å². The minimum Gasteiger partial charge on any atom is -0.495 e. The molecule has 35 heavy (non-hydrogen) atoms. The Hall–Kier alpha value is -2.98. The summed E-state index contributed by atoms with van der Waals surface area (Å²) >= 11 is 0. The molecule has 0 N–H and O–H groups in total. The van der Waals surface area contributed by atoms with E-state index < -0.39 is 10.0 Å². The van der Waals surface area contributed by atoms with Gasteiger partial charge in [-0.1, -0.05) is 13.0 Å². The van der Waals surface area contributed by atoms with Gasteiger partial charge in [0.1, 0.15) is 5.75 Å². The predicted molar refractivity (Wildman–Crippen MR) is 135 cm³/mol. The van der Waals surface area contributed by atoms with Gasteiger partial charge in [-0.3, -0.25) is 4.79 Å². The number of rotatable bonds is 10. The molecular weight excluding hydrogens is 470 g/mol. The summed E-state index contributed by atoms with van der Waals surface area (Å²) < 4.78 is 44.2. The van der Waals surface area contributed by atoms with E-state index in [-0.39, 0.29) is 10.8 Å². The highest BCUT2D eigenvalue weighted by atomic mass is 32.2. The van der Waals surface area contributed by atoms with Gasteiger partial charge in [-0.25, -0.2) is 12.7 Å². The number of benzene rings is 2. The summed E-state index contributed by atoms with van der Waals surface area (Å²) in [5.41, 5.74) is 1.66. The van der Waals surface area contributed by atoms with Gasteiger partial charge in [-0.05, 0) is 42.3 Å².